The van der Waals surface area contributed by atoms with Crippen LogP contribution in [0.4, 0.5) is 0 Å². The number of amides is 1. The van der Waals surface area contributed by atoms with Gasteiger partial charge in [0.05, 0.1) is 6.04 Å². The molecular weight excluding hydrogens is 176 g/mol. The van der Waals surface area contributed by atoms with Crippen molar-refractivity contribution in [1.29, 1.82) is 0 Å². The maximum atomic E-state index is 10.6. The minimum atomic E-state index is -0.185. The van der Waals surface area contributed by atoms with Crippen LogP contribution in [0.1, 0.15) is 44.9 Å². The second kappa shape index (κ2) is 6.02. The zero-order valence-corrected chi connectivity index (χ0v) is 9.17. The van der Waals surface area contributed by atoms with Crippen LogP contribution in [0.2, 0.25) is 0 Å². The first-order valence-electron chi connectivity index (χ1n) is 5.71. The molecule has 0 aromatic heterocycles. The third kappa shape index (κ3) is 3.66. The number of nitrogens with two attached hydrogens (primary N) is 1. The highest BCUT2D eigenvalue weighted by atomic mass is 16.1. The molecular formula is C11H22N2O. The van der Waals surface area contributed by atoms with Crippen LogP contribution in [0.3, 0.4) is 0 Å². The highest BCUT2D eigenvalue weighted by Gasteiger charge is 2.24. The number of likely N-dealkylation sites (tertiary alicyclic amines) is 1. The molecule has 0 aromatic carbocycles. The molecule has 82 valence electrons. The minimum absolute atomic E-state index is 0.00463. The van der Waals surface area contributed by atoms with Gasteiger partial charge in [0, 0.05) is 0 Å². The van der Waals surface area contributed by atoms with Crippen molar-refractivity contribution in [2.75, 3.05) is 13.6 Å². The first kappa shape index (κ1) is 11.5. The molecule has 3 heteroatoms. The number of rotatable bonds is 1. The molecule has 1 aliphatic carbocycles. The number of carbonyl (C=O) groups is 1. The Kier molecular flexibility index (Phi) is 4.94. The summed E-state index contributed by atoms with van der Waals surface area (Å²) in [5.74, 6) is -0.185. The zero-order valence-electron chi connectivity index (χ0n) is 9.17. The van der Waals surface area contributed by atoms with Crippen molar-refractivity contribution in [2.45, 2.75) is 51.0 Å². The molecule has 0 radical (unpaired) electrons. The fourth-order valence-electron chi connectivity index (χ4n) is 2.15. The van der Waals surface area contributed by atoms with E-state index in [9.17, 15) is 4.79 Å². The van der Waals surface area contributed by atoms with E-state index in [1.54, 1.807) is 0 Å². The predicted octanol–water partition coefficient (Wildman–Crippen LogP) is 1.52. The second-order valence-corrected chi connectivity index (χ2v) is 4.31. The van der Waals surface area contributed by atoms with Gasteiger partial charge in [0.1, 0.15) is 0 Å². The van der Waals surface area contributed by atoms with Gasteiger partial charge < -0.3 is 5.73 Å². The Morgan fingerprint density at radius 3 is 1.86 bits per heavy atom. The van der Waals surface area contributed by atoms with Crippen LogP contribution in [-0.4, -0.2) is 30.4 Å². The first-order valence-corrected chi connectivity index (χ1v) is 5.71. The van der Waals surface area contributed by atoms with E-state index in [0.717, 1.165) is 19.4 Å². The summed E-state index contributed by atoms with van der Waals surface area (Å²) < 4.78 is 0. The topological polar surface area (TPSA) is 46.3 Å². The van der Waals surface area contributed by atoms with Gasteiger partial charge in [0.2, 0.25) is 5.91 Å². The lowest BCUT2D eigenvalue weighted by Crippen LogP contribution is -2.37. The molecule has 1 saturated carbocycles. The number of hydrogen-bond acceptors (Lipinski definition) is 2. The van der Waals surface area contributed by atoms with Crippen molar-refractivity contribution in [3.63, 3.8) is 0 Å². The Labute approximate surface area is 86.6 Å². The molecule has 2 aliphatic rings. The SMILES string of the molecule is C1CCCC1.CN1CCC[C@@H]1C(N)=O. The van der Waals surface area contributed by atoms with Crippen LogP contribution in [0.15, 0.2) is 0 Å². The Morgan fingerprint density at radius 1 is 1.14 bits per heavy atom. The largest absolute Gasteiger partial charge is 0.368 e. The lowest BCUT2D eigenvalue weighted by Gasteiger charge is -2.14. The molecule has 1 saturated heterocycles. The van der Waals surface area contributed by atoms with Gasteiger partial charge in [-0.15, -0.1) is 0 Å². The monoisotopic (exact) mass is 198 g/mol. The molecule has 2 fully saturated rings. The molecule has 0 spiro atoms. The smallest absolute Gasteiger partial charge is 0.234 e. The van der Waals surface area contributed by atoms with Crippen LogP contribution in [0, 0.1) is 0 Å². The lowest BCUT2D eigenvalue weighted by molar-refractivity contribution is -0.121. The van der Waals surface area contributed by atoms with Gasteiger partial charge in [-0.2, -0.15) is 0 Å². The van der Waals surface area contributed by atoms with Crippen molar-refractivity contribution in [1.82, 2.24) is 4.90 Å². The van der Waals surface area contributed by atoms with E-state index >= 15 is 0 Å². The average molecular weight is 198 g/mol. The molecule has 1 aliphatic heterocycles. The molecule has 3 nitrogen and oxygen atoms in total. The van der Waals surface area contributed by atoms with E-state index in [0.29, 0.717) is 0 Å². The molecule has 1 atom stereocenters. The summed E-state index contributed by atoms with van der Waals surface area (Å²) in [4.78, 5) is 12.6. The summed E-state index contributed by atoms with van der Waals surface area (Å²) in [7, 11) is 1.93. The molecule has 2 N–H and O–H groups in total. The second-order valence-electron chi connectivity index (χ2n) is 4.31. The standard InChI is InChI=1S/C6H12N2O.C5H10/c1-8-4-2-3-5(8)6(7)9;1-2-4-5-3-1/h5H,2-4H2,1H3,(H2,7,9);1-5H2/t5-;/m1./s1. The van der Waals surface area contributed by atoms with Crippen LogP contribution in [-0.2, 0) is 4.79 Å². The molecule has 1 amide bonds. The lowest BCUT2D eigenvalue weighted by atomic mass is 10.2. The summed E-state index contributed by atoms with van der Waals surface area (Å²) in [5, 5.41) is 0. The van der Waals surface area contributed by atoms with Crippen LogP contribution in [0.5, 0.6) is 0 Å². The van der Waals surface area contributed by atoms with Crippen molar-refractivity contribution in [3.05, 3.63) is 0 Å². The normalized spacial score (nSPS) is 27.1. The van der Waals surface area contributed by atoms with E-state index < -0.39 is 0 Å². The summed E-state index contributed by atoms with van der Waals surface area (Å²) >= 11 is 0. The number of hydrogen-bond donors (Lipinski definition) is 1. The maximum Gasteiger partial charge on any atom is 0.234 e. The van der Waals surface area contributed by atoms with Gasteiger partial charge in [-0.3, -0.25) is 9.69 Å². The van der Waals surface area contributed by atoms with E-state index in [2.05, 4.69) is 0 Å². The van der Waals surface area contributed by atoms with Crippen molar-refractivity contribution >= 4 is 5.91 Å². The molecule has 0 aromatic rings. The summed E-state index contributed by atoms with van der Waals surface area (Å²) in [6.45, 7) is 1.01. The Hall–Kier alpha value is -0.570. The number of nitrogens with zero attached hydrogens (tertiary/aromatic N) is 1. The maximum absolute atomic E-state index is 10.6. The Morgan fingerprint density at radius 2 is 1.64 bits per heavy atom. The van der Waals surface area contributed by atoms with Gasteiger partial charge in [0.25, 0.3) is 0 Å². The first-order chi connectivity index (χ1) is 6.72. The van der Waals surface area contributed by atoms with Crippen LogP contribution >= 0.6 is 0 Å². The van der Waals surface area contributed by atoms with Crippen LogP contribution in [0.25, 0.3) is 0 Å². The Balaban J connectivity index is 0.000000165. The van der Waals surface area contributed by atoms with Crippen molar-refractivity contribution in [2.24, 2.45) is 5.73 Å². The highest BCUT2D eigenvalue weighted by molar-refractivity contribution is 5.80. The quantitative estimate of drug-likeness (QED) is 0.694. The predicted molar refractivity (Wildman–Crippen MR) is 57.9 cm³/mol. The minimum Gasteiger partial charge on any atom is -0.368 e. The Bertz CT molecular complexity index is 171. The highest BCUT2D eigenvalue weighted by Crippen LogP contribution is 2.15. The van der Waals surface area contributed by atoms with E-state index in [4.69, 9.17) is 5.73 Å². The molecule has 2 rings (SSSR count). The number of primary amides is 1. The van der Waals surface area contributed by atoms with Crippen molar-refractivity contribution < 1.29 is 4.79 Å². The van der Waals surface area contributed by atoms with E-state index in [-0.39, 0.29) is 11.9 Å². The third-order valence-corrected chi connectivity index (χ3v) is 3.10. The molecule has 0 unspecified atom stereocenters. The van der Waals surface area contributed by atoms with Gasteiger partial charge in [-0.05, 0) is 26.4 Å². The zero-order chi connectivity index (χ0) is 10.4. The van der Waals surface area contributed by atoms with Gasteiger partial charge in [-0.25, -0.2) is 0 Å². The summed E-state index contributed by atoms with van der Waals surface area (Å²) in [6, 6.07) is 0.00463. The number of likely N-dealkylation sites (N-methyl/N-ethyl adjacent to an activating group) is 1. The fraction of sp³-hybridized carbons (Fsp3) is 0.909. The summed E-state index contributed by atoms with van der Waals surface area (Å²) in [6.07, 6.45) is 9.54. The fourth-order valence-corrected chi connectivity index (χ4v) is 2.15. The summed E-state index contributed by atoms with van der Waals surface area (Å²) in [5.41, 5.74) is 5.11. The molecule has 1 heterocycles. The van der Waals surface area contributed by atoms with Gasteiger partial charge >= 0.3 is 0 Å². The third-order valence-electron chi connectivity index (χ3n) is 3.10. The molecule has 0 bridgehead atoms. The van der Waals surface area contributed by atoms with Gasteiger partial charge in [0.15, 0.2) is 0 Å². The number of carbonyl (C=O) groups excluding carboxylic acids is 1. The van der Waals surface area contributed by atoms with Crippen molar-refractivity contribution in [3.8, 4) is 0 Å². The van der Waals surface area contributed by atoms with E-state index in [1.165, 1.54) is 32.1 Å². The molecule has 14 heavy (non-hydrogen) atoms. The van der Waals surface area contributed by atoms with Gasteiger partial charge in [-0.1, -0.05) is 32.1 Å². The van der Waals surface area contributed by atoms with Crippen LogP contribution < -0.4 is 5.73 Å². The van der Waals surface area contributed by atoms with E-state index in [1.807, 2.05) is 11.9 Å². The average Bonchev–Trinajstić information content (AvgIpc) is 2.74.